The van der Waals surface area contributed by atoms with Crippen LogP contribution in [0.3, 0.4) is 0 Å². The van der Waals surface area contributed by atoms with Gasteiger partial charge in [-0.15, -0.1) is 0 Å². The number of H-pyrrole nitrogens is 1. The Labute approximate surface area is 248 Å². The standard InChI is InChI=1S/C34H40N6O2/c1-8-26-28(27(19-35)22(4)36-5)20-37-34-32(26)31(24-11-10-21(3)29(18-24)38-30(41)9-2)33(39-34)23-12-14-25(15-13-23)42-17-16-40(6)7/h9-15,18-20H,2,8,16-17,35H2,1,3-7H3,(H,37,39)(H,38,41)/b27-19+,36-22?. The van der Waals surface area contributed by atoms with Crippen LogP contribution in [0.5, 0.6) is 5.75 Å². The molecular weight excluding hydrogens is 524 g/mol. The van der Waals surface area contributed by atoms with Gasteiger partial charge in [-0.05, 0) is 93.0 Å². The van der Waals surface area contributed by atoms with Crippen molar-refractivity contribution in [2.24, 2.45) is 10.7 Å². The number of carbonyl (C=O) groups excluding carboxylic acids is 1. The van der Waals surface area contributed by atoms with Crippen LogP contribution in [-0.2, 0) is 11.2 Å². The van der Waals surface area contributed by atoms with Gasteiger partial charge in [0.25, 0.3) is 0 Å². The number of aromatic amines is 1. The third-order valence-electron chi connectivity index (χ3n) is 7.39. The summed E-state index contributed by atoms with van der Waals surface area (Å²) in [5, 5.41) is 3.95. The van der Waals surface area contributed by atoms with Gasteiger partial charge in [-0.3, -0.25) is 9.79 Å². The highest BCUT2D eigenvalue weighted by Crippen LogP contribution is 2.42. The van der Waals surface area contributed by atoms with E-state index in [0.29, 0.717) is 6.61 Å². The Hall–Kier alpha value is -4.69. The summed E-state index contributed by atoms with van der Waals surface area (Å²) in [7, 11) is 5.81. The highest BCUT2D eigenvalue weighted by Gasteiger charge is 2.23. The SMILES string of the molecule is C=CC(=O)Nc1cc(-c2c(-c3ccc(OCCN(C)C)cc3)[nH]c3ncc(/C(=C/N)C(C)=NC)c(CC)c23)ccc1C. The molecule has 1 amide bonds. The molecule has 4 rings (SSSR count). The molecule has 0 unspecified atom stereocenters. The van der Waals surface area contributed by atoms with Crippen molar-refractivity contribution in [3.8, 4) is 28.1 Å². The Morgan fingerprint density at radius 2 is 1.90 bits per heavy atom. The number of aromatic nitrogens is 2. The number of nitrogens with zero attached hydrogens (tertiary/aromatic N) is 3. The van der Waals surface area contributed by atoms with E-state index in [2.05, 4.69) is 51.9 Å². The smallest absolute Gasteiger partial charge is 0.247 e. The summed E-state index contributed by atoms with van der Waals surface area (Å²) in [6, 6.07) is 14.2. The van der Waals surface area contributed by atoms with Crippen LogP contribution < -0.4 is 15.8 Å². The molecule has 8 heteroatoms. The number of hydrogen-bond acceptors (Lipinski definition) is 6. The van der Waals surface area contributed by atoms with Crippen molar-refractivity contribution in [3.63, 3.8) is 0 Å². The average molecular weight is 565 g/mol. The van der Waals surface area contributed by atoms with E-state index >= 15 is 0 Å². The first-order valence-electron chi connectivity index (χ1n) is 14.0. The third-order valence-corrected chi connectivity index (χ3v) is 7.39. The van der Waals surface area contributed by atoms with Gasteiger partial charge in [-0.2, -0.15) is 0 Å². The summed E-state index contributed by atoms with van der Waals surface area (Å²) in [4.78, 5) is 27.2. The normalized spacial score (nSPS) is 12.2. The molecule has 2 aromatic heterocycles. The van der Waals surface area contributed by atoms with E-state index in [1.54, 1.807) is 13.2 Å². The molecule has 0 bridgehead atoms. The molecular formula is C34H40N6O2. The minimum atomic E-state index is -0.260. The fourth-order valence-electron chi connectivity index (χ4n) is 5.01. The highest BCUT2D eigenvalue weighted by molar-refractivity contribution is 6.24. The summed E-state index contributed by atoms with van der Waals surface area (Å²) in [5.41, 5.74) is 16.1. The van der Waals surface area contributed by atoms with Crippen molar-refractivity contribution < 1.29 is 9.53 Å². The molecule has 2 aromatic carbocycles. The Bertz CT molecular complexity index is 1660. The van der Waals surface area contributed by atoms with E-state index in [1.807, 2.05) is 58.4 Å². The van der Waals surface area contributed by atoms with Crippen LogP contribution in [0.15, 0.2) is 72.5 Å². The summed E-state index contributed by atoms with van der Waals surface area (Å²) >= 11 is 0. The first kappa shape index (κ1) is 30.3. The molecule has 42 heavy (non-hydrogen) atoms. The molecule has 4 N–H and O–H groups in total. The van der Waals surface area contributed by atoms with Gasteiger partial charge in [0.2, 0.25) is 5.91 Å². The molecule has 218 valence electrons. The van der Waals surface area contributed by atoms with Crippen LogP contribution in [0.1, 0.15) is 30.5 Å². The Morgan fingerprint density at radius 1 is 1.19 bits per heavy atom. The molecule has 0 saturated heterocycles. The molecule has 0 radical (unpaired) electrons. The van der Waals surface area contributed by atoms with E-state index in [9.17, 15) is 4.79 Å². The number of fused-ring (bicyclic) bond motifs is 1. The number of aliphatic imine (C=N–C) groups is 1. The number of ether oxygens (including phenoxy) is 1. The molecule has 2 heterocycles. The van der Waals surface area contributed by atoms with Crippen molar-refractivity contribution in [3.05, 3.63) is 84.2 Å². The molecule has 0 spiro atoms. The molecule has 0 aliphatic carbocycles. The number of amides is 1. The lowest BCUT2D eigenvalue weighted by molar-refractivity contribution is -0.111. The number of nitrogens with one attached hydrogen (secondary N) is 2. The van der Waals surface area contributed by atoms with E-state index < -0.39 is 0 Å². The monoisotopic (exact) mass is 564 g/mol. The van der Waals surface area contributed by atoms with Crippen molar-refractivity contribution in [2.45, 2.75) is 27.2 Å². The fourth-order valence-corrected chi connectivity index (χ4v) is 5.01. The third kappa shape index (κ3) is 6.29. The number of allylic oxidation sites excluding steroid dienone is 1. The number of anilines is 1. The molecule has 0 fully saturated rings. The lowest BCUT2D eigenvalue weighted by atomic mass is 9.90. The largest absolute Gasteiger partial charge is 0.492 e. The predicted molar refractivity (Wildman–Crippen MR) is 175 cm³/mol. The summed E-state index contributed by atoms with van der Waals surface area (Å²) < 4.78 is 5.94. The quantitative estimate of drug-likeness (QED) is 0.148. The van der Waals surface area contributed by atoms with Gasteiger partial charge in [0, 0.05) is 59.5 Å². The van der Waals surface area contributed by atoms with Crippen LogP contribution >= 0.6 is 0 Å². The number of rotatable bonds is 11. The van der Waals surface area contributed by atoms with E-state index in [-0.39, 0.29) is 5.91 Å². The second-order valence-corrected chi connectivity index (χ2v) is 10.4. The van der Waals surface area contributed by atoms with Gasteiger partial charge in [-0.1, -0.05) is 25.6 Å². The zero-order valence-electron chi connectivity index (χ0n) is 25.3. The van der Waals surface area contributed by atoms with Gasteiger partial charge < -0.3 is 25.7 Å². The molecule has 0 saturated carbocycles. The highest BCUT2D eigenvalue weighted by atomic mass is 16.5. The Morgan fingerprint density at radius 3 is 2.52 bits per heavy atom. The molecule has 0 aliphatic rings. The molecule has 0 aliphatic heterocycles. The van der Waals surface area contributed by atoms with Gasteiger partial charge in [0.05, 0.1) is 5.69 Å². The van der Waals surface area contributed by atoms with E-state index in [1.165, 1.54) is 6.08 Å². The van der Waals surface area contributed by atoms with Crippen LogP contribution in [-0.4, -0.2) is 60.8 Å². The predicted octanol–water partition coefficient (Wildman–Crippen LogP) is 6.22. The van der Waals surface area contributed by atoms with E-state index in [0.717, 1.165) is 85.8 Å². The van der Waals surface area contributed by atoms with Crippen molar-refractivity contribution in [1.82, 2.24) is 14.9 Å². The topological polar surface area (TPSA) is 109 Å². The first-order chi connectivity index (χ1) is 20.2. The lowest BCUT2D eigenvalue weighted by Crippen LogP contribution is -2.19. The van der Waals surface area contributed by atoms with Crippen LogP contribution in [0.25, 0.3) is 39.0 Å². The number of hydrogen-bond donors (Lipinski definition) is 3. The Balaban J connectivity index is 1.97. The lowest BCUT2D eigenvalue weighted by Gasteiger charge is -2.15. The van der Waals surface area contributed by atoms with Crippen LogP contribution in [0, 0.1) is 6.92 Å². The zero-order chi connectivity index (χ0) is 30.4. The minimum Gasteiger partial charge on any atom is -0.492 e. The fraction of sp³-hybridized carbons (Fsp3) is 0.265. The van der Waals surface area contributed by atoms with Crippen LogP contribution in [0.4, 0.5) is 5.69 Å². The van der Waals surface area contributed by atoms with Gasteiger partial charge in [0.1, 0.15) is 18.0 Å². The maximum atomic E-state index is 12.2. The van der Waals surface area contributed by atoms with Gasteiger partial charge in [0.15, 0.2) is 0 Å². The summed E-state index contributed by atoms with van der Waals surface area (Å²) in [5.74, 6) is 0.550. The number of pyridine rings is 1. The van der Waals surface area contributed by atoms with Crippen molar-refractivity contribution >= 4 is 33.9 Å². The number of likely N-dealkylation sites (N-methyl/N-ethyl adjacent to an activating group) is 1. The first-order valence-corrected chi connectivity index (χ1v) is 14.0. The zero-order valence-corrected chi connectivity index (χ0v) is 25.3. The molecule has 4 aromatic rings. The van der Waals surface area contributed by atoms with Crippen molar-refractivity contribution in [1.29, 1.82) is 0 Å². The Kier molecular flexibility index (Phi) is 9.60. The maximum absolute atomic E-state index is 12.2. The number of benzene rings is 2. The van der Waals surface area contributed by atoms with Gasteiger partial charge in [-0.25, -0.2) is 4.98 Å². The van der Waals surface area contributed by atoms with Gasteiger partial charge >= 0.3 is 0 Å². The average Bonchev–Trinajstić information content (AvgIpc) is 3.38. The summed E-state index contributed by atoms with van der Waals surface area (Å²) in [6.45, 7) is 11.1. The molecule has 0 atom stereocenters. The van der Waals surface area contributed by atoms with Crippen LogP contribution in [0.2, 0.25) is 0 Å². The second kappa shape index (κ2) is 13.3. The number of carbonyl (C=O) groups is 1. The second-order valence-electron chi connectivity index (χ2n) is 10.4. The van der Waals surface area contributed by atoms with Crippen molar-refractivity contribution in [2.75, 3.05) is 39.6 Å². The molecule has 8 nitrogen and oxygen atoms in total. The summed E-state index contributed by atoms with van der Waals surface area (Å²) in [6.07, 6.45) is 5.49. The minimum absolute atomic E-state index is 0.260. The number of nitrogens with two attached hydrogens (primary N) is 1. The van der Waals surface area contributed by atoms with E-state index in [4.69, 9.17) is 15.5 Å². The maximum Gasteiger partial charge on any atom is 0.247 e. The number of aryl methyl sites for hydroxylation is 2.